The molecule has 0 fully saturated rings. The van der Waals surface area contributed by atoms with Gasteiger partial charge in [-0.05, 0) is 27.6 Å². The summed E-state index contributed by atoms with van der Waals surface area (Å²) in [5.74, 6) is 0. The molecule has 0 unspecified atom stereocenters. The van der Waals surface area contributed by atoms with Crippen molar-refractivity contribution in [2.75, 3.05) is 0 Å². The number of hydrogen-bond acceptors (Lipinski definition) is 4. The van der Waals surface area contributed by atoms with Crippen LogP contribution in [0, 0.1) is 16.2 Å². The molecule has 0 aliphatic carbocycles. The van der Waals surface area contributed by atoms with E-state index < -0.39 is 0 Å². The van der Waals surface area contributed by atoms with Crippen LogP contribution in [0.15, 0.2) is 22.0 Å². The van der Waals surface area contributed by atoms with Gasteiger partial charge >= 0.3 is 0 Å². The molecule has 1 rings (SSSR count). The number of nitriles is 1. The number of hydrogen-bond donors (Lipinski definition) is 0. The quantitative estimate of drug-likeness (QED) is 0.571. The number of halogens is 1. The average molecular weight is 226 g/mol. The Bertz CT molecular complexity index is 345. The minimum atomic E-state index is 0.0506. The zero-order valence-electron chi connectivity index (χ0n) is 5.99. The first kappa shape index (κ1) is 8.81. The highest BCUT2D eigenvalue weighted by molar-refractivity contribution is 9.10. The van der Waals surface area contributed by atoms with Gasteiger partial charge in [0.15, 0.2) is 0 Å². The van der Waals surface area contributed by atoms with Crippen molar-refractivity contribution < 1.29 is 0 Å². The Morgan fingerprint density at radius 1 is 1.75 bits per heavy atom. The van der Waals surface area contributed by atoms with E-state index in [1.54, 1.807) is 6.07 Å². The molecule has 0 aliphatic rings. The first-order chi connectivity index (χ1) is 5.77. The molecule has 0 bridgehead atoms. The summed E-state index contributed by atoms with van der Waals surface area (Å²) in [6, 6.07) is 3.52. The molecule has 12 heavy (non-hydrogen) atoms. The van der Waals surface area contributed by atoms with Gasteiger partial charge in [0.05, 0.1) is 5.56 Å². The highest BCUT2D eigenvalue weighted by atomic mass is 79.9. The Hall–Kier alpha value is -1.28. The van der Waals surface area contributed by atoms with E-state index in [0.29, 0.717) is 15.7 Å². The maximum Gasteiger partial charge on any atom is 0.123 e. The smallest absolute Gasteiger partial charge is 0.123 e. The number of pyridine rings is 1. The van der Waals surface area contributed by atoms with E-state index in [-0.39, 0.29) is 6.54 Å². The van der Waals surface area contributed by atoms with Crippen LogP contribution >= 0.6 is 15.9 Å². The van der Waals surface area contributed by atoms with E-state index in [9.17, 15) is 4.91 Å². The summed E-state index contributed by atoms with van der Waals surface area (Å²) < 4.78 is 0.486. The van der Waals surface area contributed by atoms with E-state index in [1.807, 2.05) is 6.07 Å². The molecule has 0 aromatic carbocycles. The fourth-order valence-electron chi connectivity index (χ4n) is 0.731. The summed E-state index contributed by atoms with van der Waals surface area (Å²) in [5, 5.41) is 11.3. The van der Waals surface area contributed by atoms with Gasteiger partial charge in [-0.1, -0.05) is 5.18 Å². The molecule has 5 heteroatoms. The molecule has 1 heterocycles. The van der Waals surface area contributed by atoms with Crippen molar-refractivity contribution in [3.8, 4) is 6.07 Å². The monoisotopic (exact) mass is 225 g/mol. The minimum Gasteiger partial charge on any atom is -0.248 e. The molecule has 60 valence electrons. The van der Waals surface area contributed by atoms with Gasteiger partial charge in [0, 0.05) is 6.20 Å². The van der Waals surface area contributed by atoms with Gasteiger partial charge in [-0.2, -0.15) is 10.2 Å². The first-order valence-electron chi connectivity index (χ1n) is 3.11. The molecule has 4 nitrogen and oxygen atoms in total. The largest absolute Gasteiger partial charge is 0.248 e. The maximum atomic E-state index is 9.89. The highest BCUT2D eigenvalue weighted by Crippen LogP contribution is 2.14. The minimum absolute atomic E-state index is 0.0506. The van der Waals surface area contributed by atoms with Gasteiger partial charge in [0.1, 0.15) is 17.2 Å². The SMILES string of the molecule is N#Cc1cc(CN=O)cnc1Br. The molecule has 0 spiro atoms. The zero-order chi connectivity index (χ0) is 8.97. The zero-order valence-corrected chi connectivity index (χ0v) is 7.58. The number of aromatic nitrogens is 1. The summed E-state index contributed by atoms with van der Waals surface area (Å²) in [4.78, 5) is 13.8. The van der Waals surface area contributed by atoms with Gasteiger partial charge in [-0.3, -0.25) is 0 Å². The van der Waals surface area contributed by atoms with E-state index in [1.165, 1.54) is 6.20 Å². The Balaban J connectivity index is 3.07. The summed E-state index contributed by atoms with van der Waals surface area (Å²) in [6.07, 6.45) is 1.51. The van der Waals surface area contributed by atoms with Crippen molar-refractivity contribution in [1.82, 2.24) is 4.98 Å². The lowest BCUT2D eigenvalue weighted by Gasteiger charge is -1.95. The lowest BCUT2D eigenvalue weighted by Crippen LogP contribution is -1.88. The summed E-state index contributed by atoms with van der Waals surface area (Å²) in [6.45, 7) is 0.0506. The summed E-state index contributed by atoms with van der Waals surface area (Å²) in [5.41, 5.74) is 1.06. The fourth-order valence-corrected chi connectivity index (χ4v) is 1.04. The topological polar surface area (TPSA) is 66.1 Å². The lowest BCUT2D eigenvalue weighted by atomic mass is 10.2. The van der Waals surface area contributed by atoms with E-state index in [2.05, 4.69) is 26.1 Å². The molecule has 0 saturated heterocycles. The molecular weight excluding hydrogens is 222 g/mol. The predicted molar refractivity (Wildman–Crippen MR) is 46.2 cm³/mol. The van der Waals surface area contributed by atoms with Crippen LogP contribution in [0.5, 0.6) is 0 Å². The van der Waals surface area contributed by atoms with Crippen LogP contribution in [0.2, 0.25) is 0 Å². The summed E-state index contributed by atoms with van der Waals surface area (Å²) in [7, 11) is 0. The van der Waals surface area contributed by atoms with E-state index >= 15 is 0 Å². The first-order valence-corrected chi connectivity index (χ1v) is 3.91. The average Bonchev–Trinajstić information content (AvgIpc) is 2.09. The molecule has 1 aromatic rings. The Labute approximate surface area is 77.3 Å². The van der Waals surface area contributed by atoms with Crippen LogP contribution in [0.25, 0.3) is 0 Å². The molecule has 1 aromatic heterocycles. The van der Waals surface area contributed by atoms with Crippen LogP contribution in [-0.2, 0) is 6.54 Å². The molecule has 0 saturated carbocycles. The Morgan fingerprint density at radius 2 is 2.50 bits per heavy atom. The second kappa shape index (κ2) is 3.93. The molecular formula is C7H4BrN3O. The van der Waals surface area contributed by atoms with Crippen molar-refractivity contribution in [3.63, 3.8) is 0 Å². The van der Waals surface area contributed by atoms with E-state index in [0.717, 1.165) is 0 Å². The van der Waals surface area contributed by atoms with Crippen LogP contribution < -0.4 is 0 Å². The van der Waals surface area contributed by atoms with Crippen molar-refractivity contribution in [2.24, 2.45) is 5.18 Å². The number of nitroso groups, excluding NO2 is 1. The molecule has 0 radical (unpaired) electrons. The molecule has 0 aliphatic heterocycles. The molecule has 0 atom stereocenters. The van der Waals surface area contributed by atoms with Gasteiger partial charge in [0.25, 0.3) is 0 Å². The van der Waals surface area contributed by atoms with Gasteiger partial charge in [-0.15, -0.1) is 0 Å². The lowest BCUT2D eigenvalue weighted by molar-refractivity contribution is 1.02. The van der Waals surface area contributed by atoms with Crippen LogP contribution in [0.4, 0.5) is 0 Å². The van der Waals surface area contributed by atoms with Crippen LogP contribution in [0.3, 0.4) is 0 Å². The van der Waals surface area contributed by atoms with Crippen LogP contribution in [-0.4, -0.2) is 4.98 Å². The normalized spacial score (nSPS) is 9.00. The standard InChI is InChI=1S/C7H4BrN3O/c8-7-6(2-9)1-5(3-10-7)4-11-12/h1,3H,4H2. The van der Waals surface area contributed by atoms with Gasteiger partial charge in [0.2, 0.25) is 0 Å². The maximum absolute atomic E-state index is 9.89. The third-order valence-electron chi connectivity index (χ3n) is 1.26. The van der Waals surface area contributed by atoms with E-state index in [4.69, 9.17) is 5.26 Å². The fraction of sp³-hybridized carbons (Fsp3) is 0.143. The predicted octanol–water partition coefficient (Wildman–Crippen LogP) is 1.98. The van der Waals surface area contributed by atoms with Gasteiger partial charge in [-0.25, -0.2) is 4.98 Å². The number of rotatable bonds is 2. The highest BCUT2D eigenvalue weighted by Gasteiger charge is 2.01. The summed E-state index contributed by atoms with van der Waals surface area (Å²) >= 11 is 3.10. The second-order valence-electron chi connectivity index (χ2n) is 2.08. The van der Waals surface area contributed by atoms with Crippen molar-refractivity contribution in [3.05, 3.63) is 32.9 Å². The van der Waals surface area contributed by atoms with Gasteiger partial charge < -0.3 is 0 Å². The second-order valence-corrected chi connectivity index (χ2v) is 2.83. The third-order valence-corrected chi connectivity index (χ3v) is 1.90. The van der Waals surface area contributed by atoms with Crippen molar-refractivity contribution in [2.45, 2.75) is 6.54 Å². The Morgan fingerprint density at radius 3 is 3.08 bits per heavy atom. The van der Waals surface area contributed by atoms with Crippen LogP contribution in [0.1, 0.15) is 11.1 Å². The molecule has 0 N–H and O–H groups in total. The van der Waals surface area contributed by atoms with Crippen molar-refractivity contribution >= 4 is 15.9 Å². The Kier molecular flexibility index (Phi) is 2.88. The third kappa shape index (κ3) is 1.86. The van der Waals surface area contributed by atoms with Crippen molar-refractivity contribution in [1.29, 1.82) is 5.26 Å². The number of nitrogens with zero attached hydrogens (tertiary/aromatic N) is 3. The molecule has 0 amide bonds.